The molecule has 2 rings (SSSR count). The smallest absolute Gasteiger partial charge is 0.322 e. The lowest BCUT2D eigenvalue weighted by Crippen LogP contribution is -2.35. The predicted octanol–water partition coefficient (Wildman–Crippen LogP) is 3.66. The Kier molecular flexibility index (Phi) is 6.57. The minimum atomic E-state index is -0.287. The number of ether oxygens (including phenoxy) is 1. The van der Waals surface area contributed by atoms with Crippen molar-refractivity contribution in [1.82, 2.24) is 5.32 Å². The largest absolute Gasteiger partial charge is 0.468 e. The molecule has 3 nitrogen and oxygen atoms in total. The second-order valence-electron chi connectivity index (χ2n) is 5.34. The van der Waals surface area contributed by atoms with Crippen molar-refractivity contribution in [1.29, 1.82) is 0 Å². The summed E-state index contributed by atoms with van der Waals surface area (Å²) in [5.41, 5.74) is 3.60. The summed E-state index contributed by atoms with van der Waals surface area (Å²) in [6, 6.07) is 20.4. The van der Waals surface area contributed by atoms with Gasteiger partial charge in [-0.2, -0.15) is 0 Å². The Morgan fingerprint density at radius 1 is 1.04 bits per heavy atom. The van der Waals surface area contributed by atoms with Crippen molar-refractivity contribution >= 4 is 11.5 Å². The zero-order valence-corrected chi connectivity index (χ0v) is 13.7. The van der Waals surface area contributed by atoms with Crippen LogP contribution in [0.5, 0.6) is 0 Å². The molecule has 0 saturated heterocycles. The van der Waals surface area contributed by atoms with E-state index in [1.54, 1.807) is 0 Å². The SMILES string of the molecule is COC(=O)[C@@H](C)NCCC=C(c1ccccc1)c1ccccc1. The quantitative estimate of drug-likeness (QED) is 0.626. The first kappa shape index (κ1) is 17.0. The number of methoxy groups -OCH3 is 1. The molecular formula is C20H23NO2. The van der Waals surface area contributed by atoms with E-state index in [2.05, 4.69) is 35.7 Å². The van der Waals surface area contributed by atoms with Gasteiger partial charge in [0.05, 0.1) is 7.11 Å². The lowest BCUT2D eigenvalue weighted by molar-refractivity contribution is -0.142. The molecule has 0 aromatic heterocycles. The Labute approximate surface area is 138 Å². The topological polar surface area (TPSA) is 38.3 Å². The minimum absolute atomic E-state index is 0.236. The second-order valence-corrected chi connectivity index (χ2v) is 5.34. The zero-order chi connectivity index (χ0) is 16.5. The molecule has 2 aromatic carbocycles. The Hall–Kier alpha value is -2.39. The number of benzene rings is 2. The van der Waals surface area contributed by atoms with Crippen molar-refractivity contribution in [2.75, 3.05) is 13.7 Å². The van der Waals surface area contributed by atoms with Crippen LogP contribution in [0.15, 0.2) is 66.7 Å². The number of rotatable bonds is 7. The monoisotopic (exact) mass is 309 g/mol. The van der Waals surface area contributed by atoms with E-state index in [0.717, 1.165) is 13.0 Å². The Bertz CT molecular complexity index is 594. The molecule has 0 heterocycles. The summed E-state index contributed by atoms with van der Waals surface area (Å²) in [4.78, 5) is 11.4. The summed E-state index contributed by atoms with van der Waals surface area (Å²) < 4.78 is 4.71. The summed E-state index contributed by atoms with van der Waals surface area (Å²) in [5, 5.41) is 3.17. The van der Waals surface area contributed by atoms with E-state index in [4.69, 9.17) is 4.74 Å². The molecule has 23 heavy (non-hydrogen) atoms. The first-order valence-corrected chi connectivity index (χ1v) is 7.84. The third-order valence-corrected chi connectivity index (χ3v) is 3.67. The molecule has 0 saturated carbocycles. The second kappa shape index (κ2) is 8.91. The van der Waals surface area contributed by atoms with E-state index in [1.807, 2.05) is 43.3 Å². The lowest BCUT2D eigenvalue weighted by Gasteiger charge is -2.12. The molecule has 0 amide bonds. The molecule has 0 bridgehead atoms. The highest BCUT2D eigenvalue weighted by Gasteiger charge is 2.11. The van der Waals surface area contributed by atoms with Gasteiger partial charge in [-0.15, -0.1) is 0 Å². The molecule has 3 heteroatoms. The minimum Gasteiger partial charge on any atom is -0.468 e. The normalized spacial score (nSPS) is 11.6. The lowest BCUT2D eigenvalue weighted by atomic mass is 9.97. The van der Waals surface area contributed by atoms with Crippen molar-refractivity contribution in [2.45, 2.75) is 19.4 Å². The van der Waals surface area contributed by atoms with Crippen LogP contribution >= 0.6 is 0 Å². The van der Waals surface area contributed by atoms with Gasteiger partial charge in [-0.05, 0) is 36.6 Å². The van der Waals surface area contributed by atoms with Crippen LogP contribution in [0.2, 0.25) is 0 Å². The molecule has 0 fully saturated rings. The summed E-state index contributed by atoms with van der Waals surface area (Å²) in [6.07, 6.45) is 3.04. The highest BCUT2D eigenvalue weighted by Crippen LogP contribution is 2.23. The van der Waals surface area contributed by atoms with Gasteiger partial charge in [0.2, 0.25) is 0 Å². The molecule has 0 spiro atoms. The van der Waals surface area contributed by atoms with E-state index < -0.39 is 0 Å². The number of hydrogen-bond acceptors (Lipinski definition) is 3. The standard InChI is InChI=1S/C20H23NO2/c1-16(20(22)23-2)21-15-9-14-19(17-10-5-3-6-11-17)18-12-7-4-8-13-18/h3-8,10-14,16,21H,9,15H2,1-2H3/t16-/m1/s1. The molecule has 0 aliphatic heterocycles. The van der Waals surface area contributed by atoms with E-state index >= 15 is 0 Å². The van der Waals surface area contributed by atoms with Crippen LogP contribution in [0.25, 0.3) is 5.57 Å². The highest BCUT2D eigenvalue weighted by molar-refractivity contribution is 5.79. The van der Waals surface area contributed by atoms with Crippen LogP contribution in [-0.2, 0) is 9.53 Å². The fourth-order valence-electron chi connectivity index (χ4n) is 2.41. The number of esters is 1. The van der Waals surface area contributed by atoms with Crippen molar-refractivity contribution < 1.29 is 9.53 Å². The number of nitrogens with one attached hydrogen (secondary N) is 1. The molecule has 2 aromatic rings. The van der Waals surface area contributed by atoms with Gasteiger partial charge in [-0.25, -0.2) is 0 Å². The first-order valence-electron chi connectivity index (χ1n) is 7.84. The number of carbonyl (C=O) groups excluding carboxylic acids is 1. The summed E-state index contributed by atoms with van der Waals surface area (Å²) in [7, 11) is 1.41. The molecule has 1 N–H and O–H groups in total. The maximum absolute atomic E-state index is 11.4. The fraction of sp³-hybridized carbons (Fsp3) is 0.250. The summed E-state index contributed by atoms with van der Waals surface area (Å²) >= 11 is 0. The molecule has 0 radical (unpaired) electrons. The van der Waals surface area contributed by atoms with Crippen molar-refractivity contribution in [3.8, 4) is 0 Å². The summed E-state index contributed by atoms with van der Waals surface area (Å²) in [6.45, 7) is 2.53. The van der Waals surface area contributed by atoms with Gasteiger partial charge in [0, 0.05) is 0 Å². The summed E-state index contributed by atoms with van der Waals surface area (Å²) in [5.74, 6) is -0.236. The van der Waals surface area contributed by atoms with Crippen molar-refractivity contribution in [3.63, 3.8) is 0 Å². The Morgan fingerprint density at radius 2 is 1.57 bits per heavy atom. The number of hydrogen-bond donors (Lipinski definition) is 1. The Balaban J connectivity index is 2.08. The molecule has 120 valence electrons. The van der Waals surface area contributed by atoms with Gasteiger partial charge in [-0.1, -0.05) is 66.7 Å². The number of carbonyl (C=O) groups is 1. The van der Waals surface area contributed by atoms with Crippen molar-refractivity contribution in [3.05, 3.63) is 77.9 Å². The predicted molar refractivity (Wildman–Crippen MR) is 94.1 cm³/mol. The van der Waals surface area contributed by atoms with Gasteiger partial charge in [-0.3, -0.25) is 4.79 Å². The van der Waals surface area contributed by atoms with Gasteiger partial charge in [0.25, 0.3) is 0 Å². The highest BCUT2D eigenvalue weighted by atomic mass is 16.5. The van der Waals surface area contributed by atoms with Gasteiger partial charge >= 0.3 is 5.97 Å². The van der Waals surface area contributed by atoms with E-state index in [9.17, 15) is 4.79 Å². The van der Waals surface area contributed by atoms with Crippen molar-refractivity contribution in [2.24, 2.45) is 0 Å². The van der Waals surface area contributed by atoms with Gasteiger partial charge in [0.1, 0.15) is 6.04 Å². The van der Waals surface area contributed by atoms with Gasteiger partial charge < -0.3 is 10.1 Å². The third-order valence-electron chi connectivity index (χ3n) is 3.67. The maximum atomic E-state index is 11.4. The zero-order valence-electron chi connectivity index (χ0n) is 13.7. The van der Waals surface area contributed by atoms with Gasteiger partial charge in [0.15, 0.2) is 0 Å². The van der Waals surface area contributed by atoms with Crippen LogP contribution in [0, 0.1) is 0 Å². The molecule has 0 unspecified atom stereocenters. The van der Waals surface area contributed by atoms with Crippen LogP contribution in [0.4, 0.5) is 0 Å². The fourth-order valence-corrected chi connectivity index (χ4v) is 2.41. The molecule has 1 atom stereocenters. The van der Waals surface area contributed by atoms with Crippen LogP contribution in [0.3, 0.4) is 0 Å². The maximum Gasteiger partial charge on any atom is 0.322 e. The third kappa shape index (κ3) is 5.08. The Morgan fingerprint density at radius 3 is 2.04 bits per heavy atom. The van der Waals surface area contributed by atoms with E-state index in [1.165, 1.54) is 23.8 Å². The van der Waals surface area contributed by atoms with Crippen LogP contribution in [0.1, 0.15) is 24.5 Å². The average molecular weight is 309 g/mol. The van der Waals surface area contributed by atoms with E-state index in [-0.39, 0.29) is 12.0 Å². The van der Waals surface area contributed by atoms with Crippen LogP contribution in [-0.4, -0.2) is 25.7 Å². The molecular weight excluding hydrogens is 286 g/mol. The first-order chi connectivity index (χ1) is 11.2. The van der Waals surface area contributed by atoms with E-state index in [0.29, 0.717) is 0 Å². The van der Waals surface area contributed by atoms with Crippen LogP contribution < -0.4 is 5.32 Å². The molecule has 0 aliphatic rings. The average Bonchev–Trinajstić information content (AvgIpc) is 2.62. The molecule has 0 aliphatic carbocycles.